The van der Waals surface area contributed by atoms with Gasteiger partial charge >= 0.3 is 5.97 Å². The van der Waals surface area contributed by atoms with Crippen LogP contribution in [-0.2, 0) is 38.1 Å². The fourth-order valence-corrected chi connectivity index (χ4v) is 4.84. The van der Waals surface area contributed by atoms with Gasteiger partial charge in [-0.15, -0.1) is 0 Å². The molecule has 3 aliphatic rings. The Bertz CT molecular complexity index is 927. The molecule has 15 atom stereocenters. The van der Waals surface area contributed by atoms with Crippen molar-refractivity contribution in [2.45, 2.75) is 106 Å². The van der Waals surface area contributed by atoms with E-state index in [1.165, 1.54) is 0 Å². The topological polar surface area (TPSA) is 303 Å². The van der Waals surface area contributed by atoms with Crippen LogP contribution < -0.4 is 10.6 Å². The average molecular weight is 601 g/mol. The predicted molar refractivity (Wildman–Crippen MR) is 125 cm³/mol. The van der Waals surface area contributed by atoms with Gasteiger partial charge in [-0.2, -0.15) is 0 Å². The van der Waals surface area contributed by atoms with E-state index in [0.717, 1.165) is 13.8 Å². The molecule has 41 heavy (non-hydrogen) atoms. The third kappa shape index (κ3) is 7.28. The second-order valence-electron chi connectivity index (χ2n) is 9.84. The van der Waals surface area contributed by atoms with E-state index in [4.69, 9.17) is 23.7 Å². The Morgan fingerprint density at radius 3 is 1.63 bits per heavy atom. The fraction of sp³-hybridized carbons (Fsp3) is 0.864. The molecule has 0 saturated carbocycles. The number of rotatable bonds is 9. The lowest BCUT2D eigenvalue weighted by Crippen LogP contribution is -2.70. The molecule has 236 valence electrons. The van der Waals surface area contributed by atoms with Crippen LogP contribution in [0.5, 0.6) is 0 Å². The first-order valence-corrected chi connectivity index (χ1v) is 12.6. The number of nitrogens with one attached hydrogen (secondary N) is 2. The number of carbonyl (C=O) groups is 3. The Balaban J connectivity index is 1.90. The maximum absolute atomic E-state index is 12.0. The van der Waals surface area contributed by atoms with Crippen LogP contribution in [0.4, 0.5) is 0 Å². The lowest BCUT2D eigenvalue weighted by molar-refractivity contribution is -0.354. The second kappa shape index (κ2) is 13.9. The van der Waals surface area contributed by atoms with Gasteiger partial charge < -0.3 is 80.3 Å². The monoisotopic (exact) mass is 600 g/mol. The molecule has 3 rings (SSSR count). The predicted octanol–water partition coefficient (Wildman–Crippen LogP) is -7.19. The number of aliphatic hydroxyl groups is 8. The number of ether oxygens (including phenoxy) is 5. The summed E-state index contributed by atoms with van der Waals surface area (Å²) in [6, 6.07) is -3.04. The van der Waals surface area contributed by atoms with E-state index in [-0.39, 0.29) is 0 Å². The molecule has 11 N–H and O–H groups in total. The van der Waals surface area contributed by atoms with Crippen molar-refractivity contribution < 1.29 is 84.0 Å². The van der Waals surface area contributed by atoms with Crippen molar-refractivity contribution in [2.75, 3.05) is 13.2 Å². The Hall–Kier alpha value is -2.11. The van der Waals surface area contributed by atoms with Crippen LogP contribution in [0.1, 0.15) is 13.8 Å². The van der Waals surface area contributed by atoms with Crippen LogP contribution in [0.25, 0.3) is 0 Å². The molecule has 3 saturated heterocycles. The summed E-state index contributed by atoms with van der Waals surface area (Å²) in [5.41, 5.74) is 0. The number of aliphatic carboxylic acids is 1. The summed E-state index contributed by atoms with van der Waals surface area (Å²) in [6.45, 7) is 0.479. The summed E-state index contributed by atoms with van der Waals surface area (Å²) in [5, 5.41) is 95.8. The van der Waals surface area contributed by atoms with Crippen LogP contribution in [-0.4, -0.2) is 169 Å². The van der Waals surface area contributed by atoms with Crippen LogP contribution in [0.3, 0.4) is 0 Å². The van der Waals surface area contributed by atoms with Crippen molar-refractivity contribution >= 4 is 17.8 Å². The number of hydrogen-bond acceptors (Lipinski definition) is 16. The van der Waals surface area contributed by atoms with Gasteiger partial charge in [-0.3, -0.25) is 9.59 Å². The summed E-state index contributed by atoms with van der Waals surface area (Å²) < 4.78 is 27.3. The average Bonchev–Trinajstić information content (AvgIpc) is 2.90. The van der Waals surface area contributed by atoms with E-state index >= 15 is 0 Å². The molecule has 3 aliphatic heterocycles. The number of carbonyl (C=O) groups excluding carboxylic acids is 2. The van der Waals surface area contributed by atoms with Crippen molar-refractivity contribution in [3.8, 4) is 0 Å². The first-order chi connectivity index (χ1) is 19.2. The zero-order chi connectivity index (χ0) is 30.8. The molecule has 0 aromatic carbocycles. The van der Waals surface area contributed by atoms with E-state index in [1.807, 2.05) is 0 Å². The first-order valence-electron chi connectivity index (χ1n) is 12.6. The number of carboxylic acids is 1. The van der Waals surface area contributed by atoms with Crippen molar-refractivity contribution in [1.82, 2.24) is 10.6 Å². The molecule has 19 heteroatoms. The van der Waals surface area contributed by atoms with Gasteiger partial charge in [-0.05, 0) is 0 Å². The molecule has 3 fully saturated rings. The Morgan fingerprint density at radius 1 is 0.659 bits per heavy atom. The lowest BCUT2D eigenvalue weighted by atomic mass is 9.94. The van der Waals surface area contributed by atoms with Crippen molar-refractivity contribution in [2.24, 2.45) is 0 Å². The largest absolute Gasteiger partial charge is 0.479 e. The normalized spacial score (nSPS) is 45.1. The molecule has 2 amide bonds. The van der Waals surface area contributed by atoms with E-state index < -0.39 is 123 Å². The van der Waals surface area contributed by atoms with Gasteiger partial charge in [0.15, 0.2) is 25.0 Å². The highest BCUT2D eigenvalue weighted by Crippen LogP contribution is 2.32. The Kier molecular flexibility index (Phi) is 11.3. The number of hydrogen-bond donors (Lipinski definition) is 11. The summed E-state index contributed by atoms with van der Waals surface area (Å²) in [4.78, 5) is 35.4. The minimum absolute atomic E-state index is 0.668. The lowest BCUT2D eigenvalue weighted by Gasteiger charge is -2.49. The summed E-state index contributed by atoms with van der Waals surface area (Å²) in [6.07, 6.45) is -23.3. The Labute approximate surface area is 232 Å². The molecule has 0 aromatic heterocycles. The SMILES string of the molecule is CC(=O)N[C@H]1[C@H](O[C@H]2[C@H](O)[C@@H](O)[C@H](O)O[C@@H]2C(=O)O)O[C@H](CO)[C@H](O[C@H]2O[C@H](CO)[C@@H](O)[C@H](O)[C@H]2NC(C)=O)[C@@H]1O. The van der Waals surface area contributed by atoms with Gasteiger partial charge in [0, 0.05) is 13.8 Å². The summed E-state index contributed by atoms with van der Waals surface area (Å²) >= 11 is 0. The molecule has 3 heterocycles. The third-order valence-corrected chi connectivity index (χ3v) is 6.86. The van der Waals surface area contributed by atoms with Crippen molar-refractivity contribution in [3.05, 3.63) is 0 Å². The number of amides is 2. The number of carboxylic acid groups (broad SMARTS) is 1. The highest BCUT2D eigenvalue weighted by atomic mass is 16.7. The Morgan fingerprint density at radius 2 is 1.15 bits per heavy atom. The van der Waals surface area contributed by atoms with E-state index in [2.05, 4.69) is 10.6 Å². The third-order valence-electron chi connectivity index (χ3n) is 6.86. The van der Waals surface area contributed by atoms with E-state index in [9.17, 15) is 60.3 Å². The maximum atomic E-state index is 12.0. The van der Waals surface area contributed by atoms with Gasteiger partial charge in [0.05, 0.1) is 13.2 Å². The van der Waals surface area contributed by atoms with Crippen LogP contribution in [0.2, 0.25) is 0 Å². The van der Waals surface area contributed by atoms with Gasteiger partial charge in [-0.25, -0.2) is 4.79 Å². The smallest absolute Gasteiger partial charge is 0.335 e. The molecule has 0 aliphatic carbocycles. The molecule has 0 spiro atoms. The standard InChI is InChI=1S/C22H36N2O17/c1-5(27)23-9-12(30)11(29)7(3-25)37-21(9)40-16-8(4-26)38-22(10(13(16)31)24-6(2)28)41-17-14(32)15(33)20(36)39-18(17)19(34)35/h7-18,20-22,25-26,29-33,36H,3-4H2,1-2H3,(H,23,27)(H,24,28)(H,34,35)/t7-,8-,9-,10-,11-,12-,13-,14-,15-,16+,17+,18+,20-,21-,22+/m1/s1. The van der Waals surface area contributed by atoms with E-state index in [0.29, 0.717) is 0 Å². The zero-order valence-corrected chi connectivity index (χ0v) is 21.9. The van der Waals surface area contributed by atoms with Gasteiger partial charge in [0.25, 0.3) is 0 Å². The van der Waals surface area contributed by atoms with Gasteiger partial charge in [0.1, 0.15) is 67.0 Å². The summed E-state index contributed by atoms with van der Waals surface area (Å²) in [7, 11) is 0. The van der Waals surface area contributed by atoms with Gasteiger partial charge in [-0.1, -0.05) is 0 Å². The minimum atomic E-state index is -2.08. The van der Waals surface area contributed by atoms with Crippen LogP contribution in [0, 0.1) is 0 Å². The minimum Gasteiger partial charge on any atom is -0.479 e. The molecule has 19 nitrogen and oxygen atoms in total. The maximum Gasteiger partial charge on any atom is 0.335 e. The molecule has 0 aromatic rings. The molecule has 0 unspecified atom stereocenters. The molecular formula is C22H36N2O17. The van der Waals surface area contributed by atoms with Crippen molar-refractivity contribution in [3.63, 3.8) is 0 Å². The quantitative estimate of drug-likeness (QED) is 0.117. The highest BCUT2D eigenvalue weighted by Gasteiger charge is 2.55. The first kappa shape index (κ1) is 33.4. The van der Waals surface area contributed by atoms with Crippen LogP contribution in [0.15, 0.2) is 0 Å². The number of aliphatic hydroxyl groups excluding tert-OH is 8. The second-order valence-corrected chi connectivity index (χ2v) is 9.84. The summed E-state index contributed by atoms with van der Waals surface area (Å²) in [5.74, 6) is -3.12. The van der Waals surface area contributed by atoms with Crippen LogP contribution >= 0.6 is 0 Å². The van der Waals surface area contributed by atoms with Gasteiger partial charge in [0.2, 0.25) is 11.8 Å². The highest BCUT2D eigenvalue weighted by molar-refractivity contribution is 5.74. The molecule has 0 bridgehead atoms. The molecular weight excluding hydrogens is 564 g/mol. The van der Waals surface area contributed by atoms with E-state index in [1.54, 1.807) is 0 Å². The van der Waals surface area contributed by atoms with Crippen molar-refractivity contribution in [1.29, 1.82) is 0 Å². The zero-order valence-electron chi connectivity index (χ0n) is 21.9. The fourth-order valence-electron chi connectivity index (χ4n) is 4.84. The molecule has 0 radical (unpaired) electrons.